The molecule has 1 amide bonds. The number of anilines is 1. The van der Waals surface area contributed by atoms with Gasteiger partial charge in [0.05, 0.1) is 11.5 Å². The number of amides is 1. The van der Waals surface area contributed by atoms with Crippen molar-refractivity contribution in [1.82, 2.24) is 5.32 Å². The third-order valence-corrected chi connectivity index (χ3v) is 2.45. The number of aromatic carboxylic acids is 1. The minimum absolute atomic E-state index is 0.0381. The number of hydrogen-bond acceptors (Lipinski definition) is 5. The van der Waals surface area contributed by atoms with Crippen LogP contribution in [0.3, 0.4) is 0 Å². The summed E-state index contributed by atoms with van der Waals surface area (Å²) >= 11 is 0. The molecule has 1 aromatic carbocycles. The van der Waals surface area contributed by atoms with Gasteiger partial charge in [0, 0.05) is 18.3 Å². The molecule has 20 heavy (non-hydrogen) atoms. The van der Waals surface area contributed by atoms with Gasteiger partial charge in [0.2, 0.25) is 5.91 Å². The van der Waals surface area contributed by atoms with Crippen molar-refractivity contribution in [3.8, 4) is 0 Å². The number of nitrogens with zero attached hydrogens (tertiary/aromatic N) is 1. The van der Waals surface area contributed by atoms with E-state index in [4.69, 9.17) is 5.11 Å². The van der Waals surface area contributed by atoms with Crippen molar-refractivity contribution in [3.63, 3.8) is 0 Å². The molecule has 0 aromatic heterocycles. The van der Waals surface area contributed by atoms with Crippen LogP contribution in [0.5, 0.6) is 0 Å². The van der Waals surface area contributed by atoms with Gasteiger partial charge in [-0.3, -0.25) is 14.9 Å². The van der Waals surface area contributed by atoms with Crippen molar-refractivity contribution in [1.29, 1.82) is 0 Å². The summed E-state index contributed by atoms with van der Waals surface area (Å²) in [6, 6.07) is 3.60. The molecule has 0 spiro atoms. The van der Waals surface area contributed by atoms with Gasteiger partial charge in [0.25, 0.3) is 5.69 Å². The first-order valence-electron chi connectivity index (χ1n) is 5.98. The molecule has 1 rings (SSSR count). The summed E-state index contributed by atoms with van der Waals surface area (Å²) in [6.07, 6.45) is 0.810. The lowest BCUT2D eigenvalue weighted by Gasteiger charge is -2.07. The Morgan fingerprint density at radius 3 is 2.65 bits per heavy atom. The van der Waals surface area contributed by atoms with Gasteiger partial charge in [0.1, 0.15) is 5.56 Å². The van der Waals surface area contributed by atoms with Crippen molar-refractivity contribution in [2.24, 2.45) is 0 Å². The zero-order chi connectivity index (χ0) is 15.1. The standard InChI is InChI=1S/C12H15N3O5/c1-2-5-13-11(16)7-14-8-3-4-9(12(17)18)10(6-8)15(19)20/h3-4,6,14H,2,5,7H2,1H3,(H,13,16)(H,17,18). The van der Waals surface area contributed by atoms with Crippen molar-refractivity contribution in [2.45, 2.75) is 13.3 Å². The Morgan fingerprint density at radius 2 is 2.10 bits per heavy atom. The summed E-state index contributed by atoms with van der Waals surface area (Å²) < 4.78 is 0. The number of nitro benzene ring substituents is 1. The number of carboxylic acid groups (broad SMARTS) is 1. The second-order valence-electron chi connectivity index (χ2n) is 4.00. The summed E-state index contributed by atoms with van der Waals surface area (Å²) in [4.78, 5) is 32.2. The lowest BCUT2D eigenvalue weighted by molar-refractivity contribution is -0.385. The molecular formula is C12H15N3O5. The van der Waals surface area contributed by atoms with E-state index < -0.39 is 22.1 Å². The molecule has 0 radical (unpaired) electrons. The molecule has 0 aliphatic rings. The molecule has 0 saturated heterocycles. The Balaban J connectivity index is 2.77. The first-order valence-corrected chi connectivity index (χ1v) is 5.98. The molecule has 0 fully saturated rings. The predicted molar refractivity (Wildman–Crippen MR) is 71.8 cm³/mol. The Hall–Kier alpha value is -2.64. The van der Waals surface area contributed by atoms with Crippen LogP contribution in [0.25, 0.3) is 0 Å². The summed E-state index contributed by atoms with van der Waals surface area (Å²) in [5, 5.41) is 25.0. The van der Waals surface area contributed by atoms with Gasteiger partial charge in [-0.25, -0.2) is 4.79 Å². The first-order chi connectivity index (χ1) is 9.45. The number of benzene rings is 1. The molecule has 0 bridgehead atoms. The fourth-order valence-electron chi connectivity index (χ4n) is 1.48. The van der Waals surface area contributed by atoms with Crippen LogP contribution in [0, 0.1) is 10.1 Å². The topological polar surface area (TPSA) is 122 Å². The number of nitrogens with one attached hydrogen (secondary N) is 2. The minimum atomic E-state index is -1.37. The molecule has 0 unspecified atom stereocenters. The highest BCUT2D eigenvalue weighted by Gasteiger charge is 2.20. The fraction of sp³-hybridized carbons (Fsp3) is 0.333. The molecule has 0 aliphatic carbocycles. The maximum absolute atomic E-state index is 11.4. The van der Waals surface area contributed by atoms with Gasteiger partial charge in [0.15, 0.2) is 0 Å². The van der Waals surface area contributed by atoms with Crippen molar-refractivity contribution >= 4 is 23.3 Å². The zero-order valence-electron chi connectivity index (χ0n) is 10.9. The van der Waals surface area contributed by atoms with E-state index >= 15 is 0 Å². The monoisotopic (exact) mass is 281 g/mol. The van der Waals surface area contributed by atoms with E-state index in [1.54, 1.807) is 0 Å². The molecule has 0 saturated carbocycles. The smallest absolute Gasteiger partial charge is 0.342 e. The van der Waals surface area contributed by atoms with Gasteiger partial charge >= 0.3 is 5.97 Å². The van der Waals surface area contributed by atoms with Crippen LogP contribution >= 0.6 is 0 Å². The van der Waals surface area contributed by atoms with Gasteiger partial charge in [-0.2, -0.15) is 0 Å². The molecule has 0 heterocycles. The average Bonchev–Trinajstić information content (AvgIpc) is 2.42. The van der Waals surface area contributed by atoms with E-state index in [-0.39, 0.29) is 12.5 Å². The van der Waals surface area contributed by atoms with E-state index in [2.05, 4.69) is 10.6 Å². The lowest BCUT2D eigenvalue weighted by atomic mass is 10.1. The summed E-state index contributed by atoms with van der Waals surface area (Å²) in [6.45, 7) is 2.43. The molecule has 8 nitrogen and oxygen atoms in total. The van der Waals surface area contributed by atoms with Gasteiger partial charge in [-0.1, -0.05) is 6.92 Å². The SMILES string of the molecule is CCCNC(=O)CNc1ccc(C(=O)O)c([N+](=O)[O-])c1. The van der Waals surface area contributed by atoms with Crippen LogP contribution in [0.2, 0.25) is 0 Å². The van der Waals surface area contributed by atoms with Crippen LogP contribution in [0.1, 0.15) is 23.7 Å². The van der Waals surface area contributed by atoms with E-state index in [9.17, 15) is 19.7 Å². The van der Waals surface area contributed by atoms with Crippen LogP contribution < -0.4 is 10.6 Å². The maximum Gasteiger partial charge on any atom is 0.342 e. The van der Waals surface area contributed by atoms with Crippen molar-refractivity contribution in [2.75, 3.05) is 18.4 Å². The van der Waals surface area contributed by atoms with E-state index in [1.807, 2.05) is 6.92 Å². The zero-order valence-corrected chi connectivity index (χ0v) is 10.9. The second kappa shape index (κ2) is 7.07. The Bertz CT molecular complexity index is 530. The molecular weight excluding hydrogens is 266 g/mol. The Morgan fingerprint density at radius 1 is 1.40 bits per heavy atom. The largest absolute Gasteiger partial charge is 0.477 e. The molecule has 0 aliphatic heterocycles. The van der Waals surface area contributed by atoms with Crippen molar-refractivity contribution in [3.05, 3.63) is 33.9 Å². The van der Waals surface area contributed by atoms with Crippen LogP contribution in [0.15, 0.2) is 18.2 Å². The highest BCUT2D eigenvalue weighted by Crippen LogP contribution is 2.23. The minimum Gasteiger partial charge on any atom is -0.477 e. The summed E-state index contributed by atoms with van der Waals surface area (Å²) in [7, 11) is 0. The van der Waals surface area contributed by atoms with Gasteiger partial charge in [-0.05, 0) is 18.6 Å². The van der Waals surface area contributed by atoms with E-state index in [1.165, 1.54) is 6.07 Å². The molecule has 1 aromatic rings. The Labute approximate surface area is 114 Å². The number of carbonyl (C=O) groups is 2. The number of hydrogen-bond donors (Lipinski definition) is 3. The van der Waals surface area contributed by atoms with Gasteiger partial charge in [-0.15, -0.1) is 0 Å². The summed E-state index contributed by atoms with van der Waals surface area (Å²) in [5.41, 5.74) is -0.596. The van der Waals surface area contributed by atoms with Crippen LogP contribution in [-0.4, -0.2) is 35.0 Å². The Kier molecular flexibility index (Phi) is 5.45. The van der Waals surface area contributed by atoms with Crippen molar-refractivity contribution < 1.29 is 19.6 Å². The average molecular weight is 281 g/mol. The number of rotatable bonds is 7. The molecule has 108 valence electrons. The lowest BCUT2D eigenvalue weighted by Crippen LogP contribution is -2.30. The maximum atomic E-state index is 11.4. The third-order valence-electron chi connectivity index (χ3n) is 2.45. The first kappa shape index (κ1) is 15.4. The molecule has 8 heteroatoms. The van der Waals surface area contributed by atoms with E-state index in [0.29, 0.717) is 12.2 Å². The van der Waals surface area contributed by atoms with Gasteiger partial charge < -0.3 is 15.7 Å². The fourth-order valence-corrected chi connectivity index (χ4v) is 1.48. The number of carbonyl (C=O) groups excluding carboxylic acids is 1. The normalized spacial score (nSPS) is 9.85. The number of carboxylic acids is 1. The van der Waals surface area contributed by atoms with Crippen LogP contribution in [0.4, 0.5) is 11.4 Å². The highest BCUT2D eigenvalue weighted by atomic mass is 16.6. The summed E-state index contributed by atoms with van der Waals surface area (Å²) in [5.74, 6) is -1.61. The molecule has 0 atom stereocenters. The number of nitro groups is 1. The molecule has 3 N–H and O–H groups in total. The predicted octanol–water partition coefficient (Wildman–Crippen LogP) is 1.23. The third kappa shape index (κ3) is 4.23. The quantitative estimate of drug-likeness (QED) is 0.510. The van der Waals surface area contributed by atoms with Crippen LogP contribution in [-0.2, 0) is 4.79 Å². The second-order valence-corrected chi connectivity index (χ2v) is 4.00. The highest BCUT2D eigenvalue weighted by molar-refractivity contribution is 5.93. The van der Waals surface area contributed by atoms with E-state index in [0.717, 1.165) is 18.6 Å².